The van der Waals surface area contributed by atoms with Gasteiger partial charge in [0.05, 0.1) is 24.6 Å². The average molecular weight is 510 g/mol. The number of nitrogen functional groups attached to an aromatic ring is 1. The third-order valence-electron chi connectivity index (χ3n) is 6.08. The van der Waals surface area contributed by atoms with E-state index in [4.69, 9.17) is 19.8 Å². The van der Waals surface area contributed by atoms with Crippen LogP contribution in [0.4, 0.5) is 17.3 Å². The number of carbonyl (C=O) groups excluding carboxylic acids is 1. The maximum atomic E-state index is 12.3. The molecule has 3 atom stereocenters. The molecule has 2 aliphatic rings. The van der Waals surface area contributed by atoms with Gasteiger partial charge in [0.25, 0.3) is 0 Å². The number of esters is 1. The maximum Gasteiger partial charge on any atom is 0.323 e. The van der Waals surface area contributed by atoms with Crippen molar-refractivity contribution in [3.63, 3.8) is 0 Å². The van der Waals surface area contributed by atoms with Crippen molar-refractivity contribution in [2.75, 3.05) is 35.5 Å². The molecule has 0 saturated heterocycles. The molecule has 0 bridgehead atoms. The van der Waals surface area contributed by atoms with Crippen LogP contribution in [0.1, 0.15) is 66.7 Å². The van der Waals surface area contributed by atoms with Gasteiger partial charge >= 0.3 is 5.97 Å². The van der Waals surface area contributed by atoms with Crippen molar-refractivity contribution in [3.05, 3.63) is 6.33 Å². The Kier molecular flexibility index (Phi) is 10.3. The van der Waals surface area contributed by atoms with Crippen molar-refractivity contribution in [1.82, 2.24) is 15.1 Å². The minimum absolute atomic E-state index is 0.129. The smallest absolute Gasteiger partial charge is 0.323 e. The minimum Gasteiger partial charge on any atom is -0.462 e. The molecule has 2 heterocycles. The van der Waals surface area contributed by atoms with Crippen LogP contribution in [0.2, 0.25) is 0 Å². The minimum atomic E-state index is -1.36. The first-order valence-corrected chi connectivity index (χ1v) is 13.9. The van der Waals surface area contributed by atoms with E-state index in [0.29, 0.717) is 24.9 Å². The highest BCUT2D eigenvalue weighted by Gasteiger charge is 2.27. The van der Waals surface area contributed by atoms with Crippen LogP contribution in [-0.2, 0) is 18.9 Å². The van der Waals surface area contributed by atoms with Crippen molar-refractivity contribution in [2.24, 2.45) is 11.1 Å². The number of nitrogens with one attached hydrogen (secondary N) is 2. The van der Waals surface area contributed by atoms with Gasteiger partial charge in [0.15, 0.2) is 11.6 Å². The monoisotopic (exact) mass is 509 g/mol. The summed E-state index contributed by atoms with van der Waals surface area (Å²) in [6, 6.07) is -0.540. The third-order valence-corrected chi connectivity index (χ3v) is 7.42. The van der Waals surface area contributed by atoms with Crippen LogP contribution in [0.15, 0.2) is 11.5 Å². The Morgan fingerprint density at radius 1 is 1.29 bits per heavy atom. The molecule has 1 unspecified atom stereocenters. The molecule has 1 saturated carbocycles. The molecule has 0 radical (unpaired) electrons. The number of hydrogen-bond donors (Lipinski definition) is 3. The van der Waals surface area contributed by atoms with Crippen LogP contribution in [0.3, 0.4) is 0 Å². The Labute approximate surface area is 209 Å². The summed E-state index contributed by atoms with van der Waals surface area (Å²) < 4.78 is 17.4. The summed E-state index contributed by atoms with van der Waals surface area (Å²) in [5, 5.41) is 10.9. The van der Waals surface area contributed by atoms with E-state index in [1.165, 1.54) is 25.6 Å². The van der Waals surface area contributed by atoms with Crippen LogP contribution < -0.4 is 21.0 Å². The number of oxime groups is 1. The molecule has 0 aromatic carbocycles. The van der Waals surface area contributed by atoms with E-state index in [9.17, 15) is 4.79 Å². The lowest BCUT2D eigenvalue weighted by Gasteiger charge is -2.25. The molecule has 35 heavy (non-hydrogen) atoms. The molecule has 0 amide bonds. The van der Waals surface area contributed by atoms with Gasteiger partial charge in [0.2, 0.25) is 8.30 Å². The molecular weight excluding hydrogens is 469 g/mol. The zero-order valence-electron chi connectivity index (χ0n) is 21.5. The Morgan fingerprint density at radius 2 is 2.03 bits per heavy atom. The number of nitrogens with two attached hydrogens (primary N) is 1. The Hall–Kier alpha value is -2.23. The Bertz CT molecular complexity index is 866. The molecule has 4 N–H and O–H groups in total. The van der Waals surface area contributed by atoms with E-state index < -0.39 is 14.3 Å². The van der Waals surface area contributed by atoms with Gasteiger partial charge in [-0.3, -0.25) is 4.79 Å². The molecule has 1 aromatic rings. The number of carbonyl (C=O) groups is 1. The van der Waals surface area contributed by atoms with Gasteiger partial charge in [-0.1, -0.05) is 24.4 Å². The first kappa shape index (κ1) is 27.4. The summed E-state index contributed by atoms with van der Waals surface area (Å²) in [4.78, 5) is 22.8. The molecule has 1 aliphatic heterocycles. The lowest BCUT2D eigenvalue weighted by Crippen LogP contribution is -2.36. The summed E-state index contributed by atoms with van der Waals surface area (Å²) >= 11 is 0. The average Bonchev–Trinajstić information content (AvgIpc) is 3.24. The lowest BCUT2D eigenvalue weighted by atomic mass is 9.86. The van der Waals surface area contributed by atoms with Crippen LogP contribution in [0.25, 0.3) is 0 Å². The molecule has 1 fully saturated rings. The summed E-state index contributed by atoms with van der Waals surface area (Å²) in [6.07, 6.45) is 7.46. The van der Waals surface area contributed by atoms with Crippen LogP contribution in [0, 0.1) is 5.92 Å². The molecule has 12 heteroatoms. The van der Waals surface area contributed by atoms with Crippen molar-refractivity contribution in [1.29, 1.82) is 0 Å². The highest BCUT2D eigenvalue weighted by Crippen LogP contribution is 2.36. The lowest BCUT2D eigenvalue weighted by molar-refractivity contribution is -0.148. The van der Waals surface area contributed by atoms with Crippen LogP contribution in [-0.4, -0.2) is 59.5 Å². The largest absolute Gasteiger partial charge is 0.462 e. The fourth-order valence-electron chi connectivity index (χ4n) is 4.15. The van der Waals surface area contributed by atoms with E-state index in [2.05, 4.69) is 30.4 Å². The summed E-state index contributed by atoms with van der Waals surface area (Å²) in [5.74, 6) is 1.33. The van der Waals surface area contributed by atoms with Gasteiger partial charge in [0, 0.05) is 12.5 Å². The zero-order chi connectivity index (χ0) is 25.4. The van der Waals surface area contributed by atoms with Crippen LogP contribution >= 0.6 is 8.30 Å². The predicted molar refractivity (Wildman–Crippen MR) is 139 cm³/mol. The fourth-order valence-corrected chi connectivity index (χ4v) is 5.48. The van der Waals surface area contributed by atoms with E-state index in [1.54, 1.807) is 6.92 Å². The quantitative estimate of drug-likeness (QED) is 0.165. The number of rotatable bonds is 12. The molecule has 3 rings (SSSR count). The molecule has 11 nitrogen and oxygen atoms in total. The summed E-state index contributed by atoms with van der Waals surface area (Å²) in [5.41, 5.74) is 7.68. The van der Waals surface area contributed by atoms with Crippen molar-refractivity contribution >= 4 is 37.3 Å². The second kappa shape index (κ2) is 13.2. The highest BCUT2D eigenvalue weighted by molar-refractivity contribution is 7.50. The topological polar surface area (TPSA) is 136 Å². The van der Waals surface area contributed by atoms with Crippen LogP contribution in [0.5, 0.6) is 0 Å². The number of aromatic nitrogens is 2. The van der Waals surface area contributed by atoms with E-state index in [1.807, 2.05) is 27.7 Å². The second-order valence-electron chi connectivity index (χ2n) is 9.49. The Balaban J connectivity index is 1.57. The summed E-state index contributed by atoms with van der Waals surface area (Å²) in [7, 11) is -1.36. The number of nitrogens with zero attached hydrogens (tertiary/aromatic N) is 4. The predicted octanol–water partition coefficient (Wildman–Crippen LogP) is 3.83. The van der Waals surface area contributed by atoms with Gasteiger partial charge in [-0.2, -0.15) is 0 Å². The van der Waals surface area contributed by atoms with E-state index in [0.717, 1.165) is 30.1 Å². The molecule has 1 aromatic heterocycles. The fraction of sp³-hybridized carbons (Fsp3) is 0.739. The molecule has 196 valence electrons. The van der Waals surface area contributed by atoms with E-state index in [-0.39, 0.29) is 24.5 Å². The standard InChI is InChI=1S/C23H40N7O4P/c1-15(2)33-23(31)18(5)29-35(34-28-17(4)19-9-7-6-8-10-19)14-32-16(3)11-30-13-27-20-21(24)25-12-26-22(20)30/h12,15-16,18-19,27,29H,6-11,13-14H2,1-5H3,(H2,24,25,26)/b28-17+/t16-,18+,35?/m1/s1. The van der Waals surface area contributed by atoms with Gasteiger partial charge in [-0.15, -0.1) is 0 Å². The zero-order valence-corrected chi connectivity index (χ0v) is 22.4. The second-order valence-corrected chi connectivity index (χ2v) is 10.9. The number of ether oxygens (including phenoxy) is 2. The van der Waals surface area contributed by atoms with Crippen molar-refractivity contribution in [3.8, 4) is 0 Å². The SMILES string of the molecule is C/C(=N\OP(CO[C@H](C)CN1CNc2c(N)ncnc21)N[C@@H](C)C(=O)OC(C)C)C1CCCCC1. The number of anilines is 3. The van der Waals surface area contributed by atoms with Gasteiger partial charge in [0.1, 0.15) is 24.4 Å². The normalized spacial score (nSPS) is 19.1. The van der Waals surface area contributed by atoms with Crippen molar-refractivity contribution in [2.45, 2.75) is 85.0 Å². The summed E-state index contributed by atoms with van der Waals surface area (Å²) in [6.45, 7) is 10.6. The molecular formula is C23H40N7O4P. The molecule has 1 aliphatic carbocycles. The van der Waals surface area contributed by atoms with Gasteiger partial charge in [-0.25, -0.2) is 15.1 Å². The highest BCUT2D eigenvalue weighted by atomic mass is 31.2. The Morgan fingerprint density at radius 3 is 2.74 bits per heavy atom. The number of hydrogen-bond acceptors (Lipinski definition) is 11. The van der Waals surface area contributed by atoms with E-state index >= 15 is 0 Å². The van der Waals surface area contributed by atoms with Crippen molar-refractivity contribution < 1.29 is 18.9 Å². The number of fused-ring (bicyclic) bond motifs is 1. The maximum absolute atomic E-state index is 12.3. The van der Waals surface area contributed by atoms with Gasteiger partial charge < -0.3 is 30.0 Å². The van der Waals surface area contributed by atoms with Gasteiger partial charge in [-0.05, 0) is 47.5 Å². The first-order chi connectivity index (χ1) is 16.7. The third kappa shape index (κ3) is 8.15. The first-order valence-electron chi connectivity index (χ1n) is 12.4. The molecule has 0 spiro atoms.